The van der Waals surface area contributed by atoms with Crippen LogP contribution in [-0.2, 0) is 52.3 Å². The molecule has 0 radical (unpaired) electrons. The summed E-state index contributed by atoms with van der Waals surface area (Å²) in [4.78, 5) is 57.2. The van der Waals surface area contributed by atoms with Crippen LogP contribution in [0.5, 0.6) is 0 Å². The van der Waals surface area contributed by atoms with Gasteiger partial charge in [0, 0.05) is 20.0 Å². The molecule has 1 saturated heterocycles. The molecule has 0 N–H and O–H groups in total. The van der Waals surface area contributed by atoms with Crippen molar-refractivity contribution in [1.82, 2.24) is 0 Å². The van der Waals surface area contributed by atoms with Crippen LogP contribution in [0.3, 0.4) is 0 Å². The molecule has 0 aromatic carbocycles. The lowest BCUT2D eigenvalue weighted by Gasteiger charge is -2.33. The van der Waals surface area contributed by atoms with E-state index in [1.807, 2.05) is 0 Å². The van der Waals surface area contributed by atoms with Crippen LogP contribution in [0.1, 0.15) is 149 Å². The summed E-state index contributed by atoms with van der Waals surface area (Å²) in [6, 6.07) is 0. The second-order valence-corrected chi connectivity index (χ2v) is 13.4. The Kier molecular flexibility index (Phi) is 25.1. The highest BCUT2D eigenvalue weighted by Crippen LogP contribution is 2.29. The van der Waals surface area contributed by atoms with Crippen molar-refractivity contribution in [3.05, 3.63) is 0 Å². The van der Waals surface area contributed by atoms with Gasteiger partial charge in [-0.05, 0) is 45.4 Å². The number of unbranched alkanes of at least 4 members (excludes halogenated alkanes) is 12. The minimum absolute atomic E-state index is 0.0120. The molecule has 12 nitrogen and oxygen atoms in total. The largest absolute Gasteiger partial charge is 0.508 e. The number of cyclic esters (lactones) is 2. The maximum absolute atomic E-state index is 12.1. The minimum atomic E-state index is -0.897. The number of carbonyl (C=O) groups is 5. The normalized spacial score (nSPS) is 18.3. The molecule has 1 saturated carbocycles. The van der Waals surface area contributed by atoms with Crippen molar-refractivity contribution in [2.45, 2.75) is 167 Å². The van der Waals surface area contributed by atoms with Gasteiger partial charge in [0.05, 0.1) is 6.10 Å². The predicted molar refractivity (Wildman–Crippen MR) is 183 cm³/mol. The van der Waals surface area contributed by atoms with Gasteiger partial charge in [-0.3, -0.25) is 19.2 Å². The minimum Gasteiger partial charge on any atom is -0.462 e. The second kappa shape index (κ2) is 27.9. The number of hydrogen-bond acceptors (Lipinski definition) is 12. The Labute approximate surface area is 293 Å². The van der Waals surface area contributed by atoms with Gasteiger partial charge in [0.25, 0.3) is 6.47 Å². The molecule has 1 aliphatic carbocycles. The van der Waals surface area contributed by atoms with Crippen LogP contribution >= 0.6 is 0 Å². The van der Waals surface area contributed by atoms with Crippen LogP contribution in [0.25, 0.3) is 0 Å². The molecule has 284 valence electrons. The molecule has 0 bridgehead atoms. The molecule has 49 heavy (non-hydrogen) atoms. The predicted octanol–water partition coefficient (Wildman–Crippen LogP) is 7.56. The SMILES string of the molecule is CCCCCCCCCC(=O)OCC(COC(=O)CCCCCCCCC)OC=O.COC1CCC(OC(=O)C2(C)COC(=O)OC2)CC1. The van der Waals surface area contributed by atoms with Gasteiger partial charge >= 0.3 is 24.1 Å². The Hall–Kier alpha value is -2.89. The molecule has 0 amide bonds. The topological polar surface area (TPSA) is 150 Å². The van der Waals surface area contributed by atoms with Crippen molar-refractivity contribution < 1.29 is 57.1 Å². The number of hydrogen-bond donors (Lipinski definition) is 0. The maximum Gasteiger partial charge on any atom is 0.508 e. The third kappa shape index (κ3) is 21.7. The van der Waals surface area contributed by atoms with Gasteiger partial charge in [-0.25, -0.2) is 4.79 Å². The van der Waals surface area contributed by atoms with Crippen LogP contribution in [0.4, 0.5) is 4.79 Å². The van der Waals surface area contributed by atoms with Gasteiger partial charge in [-0.15, -0.1) is 0 Å². The van der Waals surface area contributed by atoms with Gasteiger partial charge in [-0.2, -0.15) is 0 Å². The van der Waals surface area contributed by atoms with Gasteiger partial charge in [-0.1, -0.05) is 90.9 Å². The van der Waals surface area contributed by atoms with Crippen LogP contribution in [0, 0.1) is 5.41 Å². The number of rotatable bonds is 25. The van der Waals surface area contributed by atoms with Crippen LogP contribution < -0.4 is 0 Å². The van der Waals surface area contributed by atoms with E-state index in [2.05, 4.69) is 13.8 Å². The third-order valence-corrected chi connectivity index (χ3v) is 8.82. The average Bonchev–Trinajstić information content (AvgIpc) is 3.10. The fourth-order valence-corrected chi connectivity index (χ4v) is 5.49. The molecule has 0 aromatic rings. The summed E-state index contributed by atoms with van der Waals surface area (Å²) in [7, 11) is 1.70. The van der Waals surface area contributed by atoms with Gasteiger partial charge in [0.2, 0.25) is 0 Å². The van der Waals surface area contributed by atoms with Crippen LogP contribution in [0.2, 0.25) is 0 Å². The highest BCUT2D eigenvalue weighted by atomic mass is 16.7. The molecule has 0 spiro atoms. The zero-order valence-electron chi connectivity index (χ0n) is 30.7. The maximum atomic E-state index is 12.1. The summed E-state index contributed by atoms with van der Waals surface area (Å²) in [6.45, 7) is 6.21. The van der Waals surface area contributed by atoms with Crippen LogP contribution in [0.15, 0.2) is 0 Å². The van der Waals surface area contributed by atoms with Gasteiger partial charge in [0.15, 0.2) is 6.10 Å². The quantitative estimate of drug-likeness (QED) is 0.0400. The molecule has 12 heteroatoms. The molecule has 0 aromatic heterocycles. The van der Waals surface area contributed by atoms with Crippen molar-refractivity contribution in [1.29, 1.82) is 0 Å². The first-order valence-corrected chi connectivity index (χ1v) is 18.6. The Bertz CT molecular complexity index is 871. The number of esters is 3. The van der Waals surface area contributed by atoms with E-state index in [1.54, 1.807) is 14.0 Å². The van der Waals surface area contributed by atoms with Crippen molar-refractivity contribution in [2.75, 3.05) is 33.5 Å². The van der Waals surface area contributed by atoms with Crippen molar-refractivity contribution in [2.24, 2.45) is 5.41 Å². The molecule has 1 heterocycles. The zero-order chi connectivity index (χ0) is 36.2. The second-order valence-electron chi connectivity index (χ2n) is 13.4. The van der Waals surface area contributed by atoms with Gasteiger partial charge in [0.1, 0.15) is 37.9 Å². The number of methoxy groups -OCH3 is 1. The van der Waals surface area contributed by atoms with Gasteiger partial charge < -0.3 is 33.2 Å². The monoisotopic (exact) mass is 700 g/mol. The smallest absolute Gasteiger partial charge is 0.462 e. The molecule has 2 fully saturated rings. The summed E-state index contributed by atoms with van der Waals surface area (Å²) in [5, 5.41) is 0. The molecular formula is C37H64O12. The highest BCUT2D eigenvalue weighted by molar-refractivity contribution is 5.78. The summed E-state index contributed by atoms with van der Waals surface area (Å²) in [5.74, 6) is -0.976. The standard InChI is InChI=1S/C24H44O6.C13H20O6/c1-3-5-7-9-11-13-15-17-23(26)28-19-22(30-21-25)20-29-24(27)18-16-14-12-10-8-6-4-2;1-13(7-17-12(15)18-8-13)11(14)19-10-5-3-9(16-2)4-6-10/h21-22H,3-20H2,1-2H3;9-10H,3-8H2,1-2H3. The van der Waals surface area contributed by atoms with E-state index in [0.29, 0.717) is 19.3 Å². The number of carbonyl (C=O) groups excluding carboxylic acids is 5. The number of ether oxygens (including phenoxy) is 7. The van der Waals surface area contributed by atoms with E-state index in [1.165, 1.54) is 51.4 Å². The fourth-order valence-electron chi connectivity index (χ4n) is 5.49. The summed E-state index contributed by atoms with van der Waals surface area (Å²) in [6.07, 6.45) is 18.7. The lowest BCUT2D eigenvalue weighted by atomic mass is 9.91. The first-order chi connectivity index (χ1) is 23.7. The Morgan fingerprint density at radius 3 is 1.59 bits per heavy atom. The highest BCUT2D eigenvalue weighted by Gasteiger charge is 2.43. The van der Waals surface area contributed by atoms with Crippen molar-refractivity contribution in [3.63, 3.8) is 0 Å². The molecule has 2 rings (SSSR count). The molecule has 0 unspecified atom stereocenters. The summed E-state index contributed by atoms with van der Waals surface area (Å²) < 4.78 is 35.5. The Morgan fingerprint density at radius 2 is 1.16 bits per heavy atom. The van der Waals surface area contributed by atoms with E-state index >= 15 is 0 Å². The molecule has 0 atom stereocenters. The van der Waals surface area contributed by atoms with Crippen LogP contribution in [-0.4, -0.2) is 82.4 Å². The zero-order valence-corrected chi connectivity index (χ0v) is 30.7. The fraction of sp³-hybridized carbons (Fsp3) is 0.865. The molecule has 2 aliphatic rings. The average molecular weight is 701 g/mol. The van der Waals surface area contributed by atoms with Crippen molar-refractivity contribution in [3.8, 4) is 0 Å². The molecular weight excluding hydrogens is 636 g/mol. The first-order valence-electron chi connectivity index (χ1n) is 18.6. The van der Waals surface area contributed by atoms with Crippen molar-refractivity contribution >= 4 is 30.5 Å². The third-order valence-electron chi connectivity index (χ3n) is 8.82. The van der Waals surface area contributed by atoms with E-state index in [4.69, 9.17) is 33.2 Å². The summed E-state index contributed by atoms with van der Waals surface area (Å²) >= 11 is 0. The Morgan fingerprint density at radius 1 is 0.735 bits per heavy atom. The lowest BCUT2D eigenvalue weighted by molar-refractivity contribution is -0.174. The molecule has 1 aliphatic heterocycles. The first kappa shape index (κ1) is 44.1. The Balaban J connectivity index is 0.000000537. The van der Waals surface area contributed by atoms with E-state index < -0.39 is 17.7 Å². The summed E-state index contributed by atoms with van der Waals surface area (Å²) in [5.41, 5.74) is -0.897. The lowest BCUT2D eigenvalue weighted by Crippen LogP contribution is -2.45. The van der Waals surface area contributed by atoms with E-state index in [-0.39, 0.29) is 56.5 Å². The van der Waals surface area contributed by atoms with E-state index in [0.717, 1.165) is 64.2 Å². The van der Waals surface area contributed by atoms with E-state index in [9.17, 15) is 24.0 Å².